The topological polar surface area (TPSA) is 162 Å². The van der Waals surface area contributed by atoms with Gasteiger partial charge in [0.1, 0.15) is 18.0 Å². The summed E-state index contributed by atoms with van der Waals surface area (Å²) in [6, 6.07) is 15.4. The average Bonchev–Trinajstić information content (AvgIpc) is 2.84. The van der Waals surface area contributed by atoms with Gasteiger partial charge in [0.25, 0.3) is 0 Å². The van der Waals surface area contributed by atoms with Gasteiger partial charge in [0.15, 0.2) is 0 Å². The van der Waals surface area contributed by atoms with Gasteiger partial charge in [0.2, 0.25) is 15.9 Å². The first-order valence-electron chi connectivity index (χ1n) is 10.4. The fourth-order valence-corrected chi connectivity index (χ4v) is 3.35. The number of carbonyl (C=O) groups is 2. The van der Waals surface area contributed by atoms with Crippen molar-refractivity contribution in [1.82, 2.24) is 14.7 Å². The molecule has 0 aliphatic rings. The largest absolute Gasteiger partial charge is 0.490 e. The predicted molar refractivity (Wildman–Crippen MR) is 130 cm³/mol. The van der Waals surface area contributed by atoms with Crippen LogP contribution in [0.1, 0.15) is 13.3 Å². The Balaban J connectivity index is 0.000000604. The molecule has 0 atom stereocenters. The Labute approximate surface area is 210 Å². The molecule has 1 heterocycles. The van der Waals surface area contributed by atoms with Crippen LogP contribution in [0.3, 0.4) is 0 Å². The van der Waals surface area contributed by atoms with Crippen LogP contribution in [0.4, 0.5) is 41.9 Å². The molecular weight excluding hydrogens is 517 g/mol. The molecule has 0 fully saturated rings. The highest BCUT2D eigenvalue weighted by Gasteiger charge is 2.38. The number of anilines is 5. The van der Waals surface area contributed by atoms with Gasteiger partial charge in [-0.3, -0.25) is 4.79 Å². The number of carbonyl (C=O) groups excluding carboxylic acids is 1. The number of hydrogen-bond acceptors (Lipinski definition) is 8. The number of benzene rings is 2. The Hall–Kier alpha value is -4.24. The third kappa shape index (κ3) is 9.38. The number of nitrogens with zero attached hydrogens (tertiary/aromatic N) is 2. The summed E-state index contributed by atoms with van der Waals surface area (Å²) in [6.45, 7) is 1.79. The lowest BCUT2D eigenvalue weighted by atomic mass is 10.2. The van der Waals surface area contributed by atoms with Crippen molar-refractivity contribution in [1.29, 1.82) is 0 Å². The number of aliphatic carboxylic acids is 1. The van der Waals surface area contributed by atoms with E-state index in [1.165, 1.54) is 25.5 Å². The molecule has 0 bridgehead atoms. The van der Waals surface area contributed by atoms with E-state index in [1.807, 2.05) is 12.1 Å². The fourth-order valence-electron chi connectivity index (χ4n) is 2.57. The molecule has 0 saturated carbocycles. The lowest BCUT2D eigenvalue weighted by Gasteiger charge is -2.11. The van der Waals surface area contributed by atoms with Crippen molar-refractivity contribution >= 4 is 50.6 Å². The smallest absolute Gasteiger partial charge is 0.475 e. The van der Waals surface area contributed by atoms with Crippen molar-refractivity contribution < 1.29 is 36.3 Å². The Bertz CT molecular complexity index is 1350. The van der Waals surface area contributed by atoms with Gasteiger partial charge in [-0.15, -0.1) is 0 Å². The molecule has 11 nitrogen and oxygen atoms in total. The Morgan fingerprint density at radius 1 is 0.919 bits per heavy atom. The van der Waals surface area contributed by atoms with E-state index in [2.05, 4.69) is 30.6 Å². The zero-order chi connectivity index (χ0) is 27.6. The minimum Gasteiger partial charge on any atom is -0.475 e. The molecule has 0 spiro atoms. The fraction of sp³-hybridized carbons (Fsp3) is 0.182. The summed E-state index contributed by atoms with van der Waals surface area (Å²) < 4.78 is 58.0. The zero-order valence-corrected chi connectivity index (χ0v) is 20.3. The van der Waals surface area contributed by atoms with Crippen LogP contribution >= 0.6 is 0 Å². The molecule has 3 aromatic rings. The van der Waals surface area contributed by atoms with Gasteiger partial charge in [-0.1, -0.05) is 19.1 Å². The van der Waals surface area contributed by atoms with Gasteiger partial charge in [-0.05, 0) is 43.4 Å². The van der Waals surface area contributed by atoms with Crippen LogP contribution in [0.25, 0.3) is 0 Å². The number of carboxylic acid groups (broad SMARTS) is 1. The Morgan fingerprint density at radius 2 is 1.43 bits per heavy atom. The Kier molecular flexibility index (Phi) is 9.90. The van der Waals surface area contributed by atoms with Crippen LogP contribution in [-0.2, 0) is 19.6 Å². The van der Waals surface area contributed by atoms with E-state index in [-0.39, 0.29) is 10.8 Å². The monoisotopic (exact) mass is 540 g/mol. The summed E-state index contributed by atoms with van der Waals surface area (Å²) in [4.78, 5) is 29.0. The van der Waals surface area contributed by atoms with Gasteiger partial charge in [-0.25, -0.2) is 27.9 Å². The summed E-state index contributed by atoms with van der Waals surface area (Å²) in [6.07, 6.45) is -3.29. The highest BCUT2D eigenvalue weighted by atomic mass is 32.2. The molecule has 0 unspecified atom stereocenters. The van der Waals surface area contributed by atoms with E-state index in [0.717, 1.165) is 5.69 Å². The molecule has 1 amide bonds. The molecule has 1 aromatic heterocycles. The first kappa shape index (κ1) is 29.0. The molecule has 0 aliphatic heterocycles. The van der Waals surface area contributed by atoms with Crippen LogP contribution < -0.4 is 20.7 Å². The van der Waals surface area contributed by atoms with E-state index < -0.39 is 22.2 Å². The predicted octanol–water partition coefficient (Wildman–Crippen LogP) is 3.85. The second-order valence-electron chi connectivity index (χ2n) is 7.06. The normalized spacial score (nSPS) is 11.1. The molecule has 2 aromatic carbocycles. The van der Waals surface area contributed by atoms with Crippen molar-refractivity contribution in [2.24, 2.45) is 0 Å². The molecule has 15 heteroatoms. The van der Waals surface area contributed by atoms with Gasteiger partial charge in [0, 0.05) is 29.5 Å². The second kappa shape index (κ2) is 12.6. The maximum atomic E-state index is 12.0. The molecule has 3 rings (SSSR count). The van der Waals surface area contributed by atoms with Crippen LogP contribution in [0.2, 0.25) is 0 Å². The van der Waals surface area contributed by atoms with E-state index in [4.69, 9.17) is 9.90 Å². The maximum absolute atomic E-state index is 12.0. The van der Waals surface area contributed by atoms with Crippen molar-refractivity contribution in [3.63, 3.8) is 0 Å². The molecule has 0 saturated heterocycles. The van der Waals surface area contributed by atoms with Crippen molar-refractivity contribution in [2.45, 2.75) is 24.4 Å². The number of alkyl halides is 3. The maximum Gasteiger partial charge on any atom is 0.490 e. The van der Waals surface area contributed by atoms with Crippen molar-refractivity contribution in [2.75, 3.05) is 23.0 Å². The van der Waals surface area contributed by atoms with E-state index >= 15 is 0 Å². The first-order valence-corrected chi connectivity index (χ1v) is 11.9. The van der Waals surface area contributed by atoms with Gasteiger partial charge >= 0.3 is 12.1 Å². The number of rotatable bonds is 8. The number of carboxylic acids is 1. The summed E-state index contributed by atoms with van der Waals surface area (Å²) in [5.74, 6) is -1.80. The number of sulfonamides is 1. The number of halogens is 3. The van der Waals surface area contributed by atoms with Crippen molar-refractivity contribution in [3.8, 4) is 0 Å². The molecular formula is C22H23F3N6O5S. The summed E-state index contributed by atoms with van der Waals surface area (Å²) >= 11 is 0. The van der Waals surface area contributed by atoms with Crippen LogP contribution in [-0.4, -0.2) is 48.6 Å². The molecule has 5 N–H and O–H groups in total. The molecule has 37 heavy (non-hydrogen) atoms. The summed E-state index contributed by atoms with van der Waals surface area (Å²) in [5, 5.41) is 16.2. The minimum absolute atomic E-state index is 0.0665. The SMILES string of the molecule is CCC(=O)Nc1cccc(Nc2cc(Nc3cccc(S(=O)(=O)NC)c3)ncn2)c1.O=C(O)C(F)(F)F. The van der Waals surface area contributed by atoms with E-state index in [1.54, 1.807) is 37.3 Å². The average molecular weight is 541 g/mol. The standard InChI is InChI=1S/C20H22N6O3S.C2HF3O2/c1-3-20(27)26-15-7-4-6-14(10-15)24-18-12-19(23-13-22-18)25-16-8-5-9-17(11-16)30(28,29)21-2;3-2(4,5)1(6)7/h4-13,21H,3H2,1-2H3,(H,26,27)(H2,22,23,24,25);(H,6,7). The molecule has 198 valence electrons. The Morgan fingerprint density at radius 3 is 1.95 bits per heavy atom. The summed E-state index contributed by atoms with van der Waals surface area (Å²) in [5.41, 5.74) is 2.00. The van der Waals surface area contributed by atoms with Gasteiger partial charge < -0.3 is 21.1 Å². The molecule has 0 aliphatic carbocycles. The van der Waals surface area contributed by atoms with Crippen LogP contribution in [0.5, 0.6) is 0 Å². The first-order chi connectivity index (χ1) is 17.3. The minimum atomic E-state index is -5.08. The molecule has 0 radical (unpaired) electrons. The third-order valence-corrected chi connectivity index (χ3v) is 5.75. The number of hydrogen-bond donors (Lipinski definition) is 5. The van der Waals surface area contributed by atoms with Gasteiger partial charge in [-0.2, -0.15) is 13.2 Å². The summed E-state index contributed by atoms with van der Waals surface area (Å²) in [7, 11) is -2.18. The third-order valence-electron chi connectivity index (χ3n) is 4.33. The van der Waals surface area contributed by atoms with Crippen molar-refractivity contribution in [3.05, 3.63) is 60.9 Å². The lowest BCUT2D eigenvalue weighted by molar-refractivity contribution is -0.192. The van der Waals surface area contributed by atoms with E-state index in [9.17, 15) is 26.4 Å². The van der Waals surface area contributed by atoms with Gasteiger partial charge in [0.05, 0.1) is 4.90 Å². The van der Waals surface area contributed by atoms with Crippen LogP contribution in [0, 0.1) is 0 Å². The number of aromatic nitrogens is 2. The highest BCUT2D eigenvalue weighted by molar-refractivity contribution is 7.89. The second-order valence-corrected chi connectivity index (χ2v) is 8.95. The highest BCUT2D eigenvalue weighted by Crippen LogP contribution is 2.23. The van der Waals surface area contributed by atoms with E-state index in [0.29, 0.717) is 29.4 Å². The zero-order valence-electron chi connectivity index (χ0n) is 19.5. The number of amides is 1. The quantitative estimate of drug-likeness (QED) is 0.286. The van der Waals surface area contributed by atoms with Crippen LogP contribution in [0.15, 0.2) is 65.8 Å². The number of nitrogens with one attached hydrogen (secondary N) is 4. The lowest BCUT2D eigenvalue weighted by Crippen LogP contribution is -2.21.